The van der Waals surface area contributed by atoms with Gasteiger partial charge in [-0.2, -0.15) is 0 Å². The maximum Gasteiger partial charge on any atom is 0.259 e. The Bertz CT molecular complexity index is 1070. The minimum Gasteiger partial charge on any atom is -0.350 e. The number of amides is 1. The van der Waals surface area contributed by atoms with E-state index in [-0.39, 0.29) is 16.9 Å². The second-order valence-electron chi connectivity index (χ2n) is 7.57. The highest BCUT2D eigenvalue weighted by atomic mass is 19.1. The van der Waals surface area contributed by atoms with Gasteiger partial charge in [-0.05, 0) is 48.9 Å². The minimum atomic E-state index is -0.476. The van der Waals surface area contributed by atoms with Gasteiger partial charge in [-0.1, -0.05) is 30.3 Å². The van der Waals surface area contributed by atoms with Crippen molar-refractivity contribution in [2.45, 2.75) is 19.3 Å². The first-order chi connectivity index (χ1) is 13.5. The number of benzene rings is 2. The molecular formula is C23H23FN2O2. The smallest absolute Gasteiger partial charge is 0.259 e. The fourth-order valence-corrected chi connectivity index (χ4v) is 4.07. The summed E-state index contributed by atoms with van der Waals surface area (Å²) in [6.07, 6.45) is 4.42. The molecule has 0 spiro atoms. The molecule has 0 saturated carbocycles. The molecular weight excluding hydrogens is 355 g/mol. The monoisotopic (exact) mass is 378 g/mol. The summed E-state index contributed by atoms with van der Waals surface area (Å²) < 4.78 is 15.3. The third kappa shape index (κ3) is 3.57. The third-order valence-electron chi connectivity index (χ3n) is 5.65. The van der Waals surface area contributed by atoms with Crippen LogP contribution in [0.3, 0.4) is 0 Å². The number of pyridine rings is 1. The number of carbonyl (C=O) groups is 1. The number of nitrogens with zero attached hydrogens (tertiary/aromatic N) is 2. The molecule has 4 nitrogen and oxygen atoms in total. The number of rotatable bonds is 3. The molecule has 0 aliphatic carbocycles. The predicted octanol–water partition coefficient (Wildman–Crippen LogP) is 3.77. The summed E-state index contributed by atoms with van der Waals surface area (Å²) >= 11 is 0. The van der Waals surface area contributed by atoms with Crippen LogP contribution in [0.15, 0.2) is 59.5 Å². The topological polar surface area (TPSA) is 42.3 Å². The highest BCUT2D eigenvalue weighted by molar-refractivity contribution is 5.97. The molecule has 0 atom stereocenters. The Balaban J connectivity index is 1.51. The van der Waals surface area contributed by atoms with E-state index < -0.39 is 11.2 Å². The molecule has 2 aromatic carbocycles. The van der Waals surface area contributed by atoms with Gasteiger partial charge in [0, 0.05) is 31.7 Å². The number of carbonyl (C=O) groups excluding carboxylic acids is 1. The molecule has 144 valence electrons. The molecule has 1 amide bonds. The number of piperidine rings is 1. The largest absolute Gasteiger partial charge is 0.350 e. The van der Waals surface area contributed by atoms with Crippen LogP contribution >= 0.6 is 0 Å². The first-order valence-corrected chi connectivity index (χ1v) is 9.65. The van der Waals surface area contributed by atoms with Crippen LogP contribution < -0.4 is 5.43 Å². The van der Waals surface area contributed by atoms with Crippen LogP contribution in [0, 0.1) is 11.7 Å². The molecule has 1 saturated heterocycles. The van der Waals surface area contributed by atoms with Crippen LogP contribution in [-0.4, -0.2) is 28.5 Å². The van der Waals surface area contributed by atoms with E-state index in [4.69, 9.17) is 0 Å². The van der Waals surface area contributed by atoms with Gasteiger partial charge >= 0.3 is 0 Å². The molecule has 1 fully saturated rings. The summed E-state index contributed by atoms with van der Waals surface area (Å²) in [5.74, 6) is -0.194. The molecule has 3 aromatic rings. The molecule has 4 rings (SSSR count). The van der Waals surface area contributed by atoms with E-state index in [0.717, 1.165) is 19.3 Å². The van der Waals surface area contributed by atoms with E-state index in [0.29, 0.717) is 24.5 Å². The molecule has 0 unspecified atom stereocenters. The summed E-state index contributed by atoms with van der Waals surface area (Å²) in [6, 6.07) is 14.5. The molecule has 0 N–H and O–H groups in total. The van der Waals surface area contributed by atoms with E-state index in [1.165, 1.54) is 17.7 Å². The van der Waals surface area contributed by atoms with Gasteiger partial charge in [0.15, 0.2) is 0 Å². The van der Waals surface area contributed by atoms with Crippen LogP contribution in [0.5, 0.6) is 0 Å². The summed E-state index contributed by atoms with van der Waals surface area (Å²) in [5.41, 5.74) is 1.65. The number of likely N-dealkylation sites (tertiary alicyclic amines) is 1. The number of fused-ring (bicyclic) bond motifs is 1. The Morgan fingerprint density at radius 1 is 1.11 bits per heavy atom. The molecule has 0 bridgehead atoms. The normalized spacial score (nSPS) is 15.1. The lowest BCUT2D eigenvalue weighted by atomic mass is 9.90. The van der Waals surface area contributed by atoms with Crippen molar-refractivity contribution in [3.8, 4) is 0 Å². The summed E-state index contributed by atoms with van der Waals surface area (Å²) in [6.45, 7) is 1.28. The summed E-state index contributed by atoms with van der Waals surface area (Å²) in [4.78, 5) is 27.5. The Kier molecular flexibility index (Phi) is 4.99. The van der Waals surface area contributed by atoms with E-state index >= 15 is 0 Å². The third-order valence-corrected chi connectivity index (χ3v) is 5.65. The number of aryl methyl sites for hydroxylation is 1. The Labute approximate surface area is 163 Å². The first kappa shape index (κ1) is 18.4. The molecule has 28 heavy (non-hydrogen) atoms. The van der Waals surface area contributed by atoms with Crippen molar-refractivity contribution in [1.82, 2.24) is 9.47 Å². The van der Waals surface area contributed by atoms with Gasteiger partial charge in [-0.25, -0.2) is 4.39 Å². The average Bonchev–Trinajstić information content (AvgIpc) is 2.71. The van der Waals surface area contributed by atoms with Crippen LogP contribution in [0.4, 0.5) is 4.39 Å². The van der Waals surface area contributed by atoms with Crippen molar-refractivity contribution >= 4 is 16.8 Å². The Hall–Kier alpha value is -2.95. The summed E-state index contributed by atoms with van der Waals surface area (Å²) in [7, 11) is 1.77. The zero-order valence-electron chi connectivity index (χ0n) is 15.9. The van der Waals surface area contributed by atoms with Crippen molar-refractivity contribution in [2.75, 3.05) is 13.1 Å². The van der Waals surface area contributed by atoms with Crippen molar-refractivity contribution < 1.29 is 9.18 Å². The van der Waals surface area contributed by atoms with Gasteiger partial charge in [-0.3, -0.25) is 9.59 Å². The lowest BCUT2D eigenvalue weighted by molar-refractivity contribution is 0.0688. The van der Waals surface area contributed by atoms with Gasteiger partial charge in [0.2, 0.25) is 5.43 Å². The zero-order valence-corrected chi connectivity index (χ0v) is 15.9. The van der Waals surface area contributed by atoms with E-state index in [1.54, 1.807) is 28.8 Å². The van der Waals surface area contributed by atoms with Gasteiger partial charge in [0.05, 0.1) is 5.52 Å². The Morgan fingerprint density at radius 2 is 1.82 bits per heavy atom. The van der Waals surface area contributed by atoms with Gasteiger partial charge < -0.3 is 9.47 Å². The molecule has 1 aromatic heterocycles. The van der Waals surface area contributed by atoms with E-state index in [9.17, 15) is 14.0 Å². The van der Waals surface area contributed by atoms with E-state index in [1.807, 2.05) is 18.2 Å². The molecule has 0 radical (unpaired) electrons. The lowest BCUT2D eigenvalue weighted by Gasteiger charge is -2.32. The summed E-state index contributed by atoms with van der Waals surface area (Å²) in [5, 5.41) is 0.243. The fraction of sp³-hybridized carbons (Fsp3) is 0.304. The van der Waals surface area contributed by atoms with Crippen LogP contribution in [-0.2, 0) is 13.5 Å². The van der Waals surface area contributed by atoms with Gasteiger partial charge in [0.1, 0.15) is 11.4 Å². The number of hydrogen-bond acceptors (Lipinski definition) is 2. The fourth-order valence-electron chi connectivity index (χ4n) is 4.07. The minimum absolute atomic E-state index is 0.113. The molecule has 1 aliphatic heterocycles. The average molecular weight is 378 g/mol. The van der Waals surface area contributed by atoms with Crippen molar-refractivity contribution in [3.05, 3.63) is 81.9 Å². The van der Waals surface area contributed by atoms with E-state index in [2.05, 4.69) is 12.1 Å². The first-order valence-electron chi connectivity index (χ1n) is 9.65. The number of aromatic nitrogens is 1. The SMILES string of the molecule is Cn1cc(C(=O)N2CCC(Cc3ccccc3)CC2)c(=O)c2cc(F)ccc21. The Morgan fingerprint density at radius 3 is 2.54 bits per heavy atom. The van der Waals surface area contributed by atoms with Crippen LogP contribution in [0.1, 0.15) is 28.8 Å². The van der Waals surface area contributed by atoms with Crippen LogP contribution in [0.2, 0.25) is 0 Å². The van der Waals surface area contributed by atoms with Crippen molar-refractivity contribution in [1.29, 1.82) is 0 Å². The number of halogens is 1. The maximum absolute atomic E-state index is 13.6. The number of hydrogen-bond donors (Lipinski definition) is 0. The maximum atomic E-state index is 13.6. The van der Waals surface area contributed by atoms with Crippen molar-refractivity contribution in [2.24, 2.45) is 13.0 Å². The molecule has 5 heteroatoms. The van der Waals surface area contributed by atoms with Crippen molar-refractivity contribution in [3.63, 3.8) is 0 Å². The molecule has 2 heterocycles. The molecule has 1 aliphatic rings. The lowest BCUT2D eigenvalue weighted by Crippen LogP contribution is -2.41. The second kappa shape index (κ2) is 7.58. The van der Waals surface area contributed by atoms with Crippen LogP contribution in [0.25, 0.3) is 10.9 Å². The standard InChI is InChI=1S/C23H23FN2O2/c1-25-15-20(22(27)19-14-18(24)7-8-21(19)25)23(28)26-11-9-17(10-12-26)13-16-5-3-2-4-6-16/h2-8,14-15,17H,9-13H2,1H3. The second-order valence-corrected chi connectivity index (χ2v) is 7.57. The zero-order chi connectivity index (χ0) is 19.7. The quantitative estimate of drug-likeness (QED) is 0.696. The highest BCUT2D eigenvalue weighted by Gasteiger charge is 2.26. The predicted molar refractivity (Wildman–Crippen MR) is 108 cm³/mol. The van der Waals surface area contributed by atoms with Gasteiger partial charge in [-0.15, -0.1) is 0 Å². The highest BCUT2D eigenvalue weighted by Crippen LogP contribution is 2.23. The van der Waals surface area contributed by atoms with Gasteiger partial charge in [0.25, 0.3) is 5.91 Å².